The number of nitrogens with zero attached hydrogens (tertiary/aromatic N) is 5. The van der Waals surface area contributed by atoms with Gasteiger partial charge in [0.2, 0.25) is 0 Å². The molecule has 2 heterocycles. The maximum atomic E-state index is 4.90. The van der Waals surface area contributed by atoms with Crippen LogP contribution in [-0.4, -0.2) is 45.3 Å². The highest BCUT2D eigenvalue weighted by atomic mass is 127. The summed E-state index contributed by atoms with van der Waals surface area (Å²) in [6.07, 6.45) is 5.25. The van der Waals surface area contributed by atoms with Gasteiger partial charge in [-0.05, 0) is 24.3 Å². The largest absolute Gasteiger partial charge is 0.354 e. The van der Waals surface area contributed by atoms with Crippen molar-refractivity contribution in [3.63, 3.8) is 0 Å². The third-order valence-electron chi connectivity index (χ3n) is 4.86. The van der Waals surface area contributed by atoms with E-state index in [2.05, 4.69) is 63.1 Å². The first-order chi connectivity index (χ1) is 12.8. The molecule has 1 aliphatic rings. The number of hydrogen-bond acceptors (Lipinski definition) is 3. The van der Waals surface area contributed by atoms with Crippen molar-refractivity contribution in [1.82, 2.24) is 25.0 Å². The number of benzene rings is 1. The Kier molecular flexibility index (Phi) is 9.03. The number of aromatic nitrogens is 3. The predicted octanol–water partition coefficient (Wildman–Crippen LogP) is 3.34. The highest BCUT2D eigenvalue weighted by Gasteiger charge is 2.19. The summed E-state index contributed by atoms with van der Waals surface area (Å²) >= 11 is 0. The van der Waals surface area contributed by atoms with E-state index in [1.807, 2.05) is 12.4 Å². The fourth-order valence-electron chi connectivity index (χ4n) is 3.43. The SMILES string of the molecule is CCc1nncn1CCNC(=NCc1ccccc1)N1CCCC(C)C1.I. The Morgan fingerprint density at radius 1 is 1.30 bits per heavy atom. The summed E-state index contributed by atoms with van der Waals surface area (Å²) in [5.74, 6) is 2.77. The molecule has 1 fully saturated rings. The molecule has 1 atom stereocenters. The van der Waals surface area contributed by atoms with Crippen molar-refractivity contribution in [2.45, 2.75) is 46.2 Å². The molecule has 148 valence electrons. The molecule has 0 saturated carbocycles. The summed E-state index contributed by atoms with van der Waals surface area (Å²) in [6.45, 7) is 8.97. The number of hydrogen-bond donors (Lipinski definition) is 1. The van der Waals surface area contributed by atoms with Crippen molar-refractivity contribution in [2.24, 2.45) is 10.9 Å². The fourth-order valence-corrected chi connectivity index (χ4v) is 3.43. The summed E-state index contributed by atoms with van der Waals surface area (Å²) in [5, 5.41) is 11.7. The smallest absolute Gasteiger partial charge is 0.194 e. The van der Waals surface area contributed by atoms with Gasteiger partial charge in [0.15, 0.2) is 5.96 Å². The third-order valence-corrected chi connectivity index (χ3v) is 4.86. The van der Waals surface area contributed by atoms with Gasteiger partial charge in [0.1, 0.15) is 12.2 Å². The molecule has 0 spiro atoms. The van der Waals surface area contributed by atoms with Gasteiger partial charge >= 0.3 is 0 Å². The van der Waals surface area contributed by atoms with Crippen LogP contribution in [0.3, 0.4) is 0 Å². The number of nitrogens with one attached hydrogen (secondary N) is 1. The number of aliphatic imine (C=N–C) groups is 1. The molecule has 1 N–H and O–H groups in total. The van der Waals surface area contributed by atoms with E-state index in [4.69, 9.17) is 4.99 Å². The van der Waals surface area contributed by atoms with Gasteiger partial charge < -0.3 is 14.8 Å². The van der Waals surface area contributed by atoms with Gasteiger partial charge in [0.05, 0.1) is 6.54 Å². The first kappa shape index (κ1) is 21.7. The molecule has 1 aliphatic heterocycles. The van der Waals surface area contributed by atoms with Crippen LogP contribution in [0.15, 0.2) is 41.7 Å². The van der Waals surface area contributed by atoms with Crippen LogP contribution in [0.1, 0.15) is 38.1 Å². The van der Waals surface area contributed by atoms with Gasteiger partial charge in [-0.15, -0.1) is 34.2 Å². The number of rotatable bonds is 6. The summed E-state index contributed by atoms with van der Waals surface area (Å²) in [5.41, 5.74) is 1.24. The Morgan fingerprint density at radius 3 is 2.85 bits per heavy atom. The quantitative estimate of drug-likeness (QED) is 0.390. The van der Waals surface area contributed by atoms with Crippen molar-refractivity contribution < 1.29 is 0 Å². The van der Waals surface area contributed by atoms with Crippen LogP contribution in [0.4, 0.5) is 0 Å². The molecule has 0 radical (unpaired) electrons. The average Bonchev–Trinajstić information content (AvgIpc) is 3.13. The van der Waals surface area contributed by atoms with E-state index in [1.165, 1.54) is 18.4 Å². The van der Waals surface area contributed by atoms with E-state index in [-0.39, 0.29) is 24.0 Å². The average molecular weight is 482 g/mol. The zero-order valence-electron chi connectivity index (χ0n) is 16.3. The predicted molar refractivity (Wildman–Crippen MR) is 120 cm³/mol. The van der Waals surface area contributed by atoms with Crippen LogP contribution in [0.5, 0.6) is 0 Å². The molecular formula is C20H31IN6. The van der Waals surface area contributed by atoms with E-state index in [1.54, 1.807) is 0 Å². The minimum Gasteiger partial charge on any atom is -0.354 e. The minimum absolute atomic E-state index is 0. The lowest BCUT2D eigenvalue weighted by atomic mass is 10.0. The molecule has 0 bridgehead atoms. The molecule has 1 unspecified atom stereocenters. The zero-order valence-corrected chi connectivity index (χ0v) is 18.7. The lowest BCUT2D eigenvalue weighted by Gasteiger charge is -2.33. The molecule has 1 aromatic carbocycles. The first-order valence-electron chi connectivity index (χ1n) is 9.70. The standard InChI is InChI=1S/C20H30N6.HI/c1-3-19-24-23-16-26(19)13-11-21-20(25-12-7-8-17(2)15-25)22-14-18-9-5-4-6-10-18;/h4-6,9-10,16-17H,3,7-8,11-15H2,1-2H3,(H,21,22);1H. The zero-order chi connectivity index (χ0) is 18.2. The second kappa shape index (κ2) is 11.3. The molecule has 1 saturated heterocycles. The summed E-state index contributed by atoms with van der Waals surface area (Å²) in [6, 6.07) is 10.4. The topological polar surface area (TPSA) is 58.3 Å². The van der Waals surface area contributed by atoms with E-state index >= 15 is 0 Å². The van der Waals surface area contributed by atoms with E-state index in [9.17, 15) is 0 Å². The highest BCUT2D eigenvalue weighted by molar-refractivity contribution is 14.0. The van der Waals surface area contributed by atoms with Crippen molar-refractivity contribution >= 4 is 29.9 Å². The van der Waals surface area contributed by atoms with Crippen LogP contribution in [0, 0.1) is 5.92 Å². The lowest BCUT2D eigenvalue weighted by Crippen LogP contribution is -2.47. The molecule has 3 rings (SSSR count). The first-order valence-corrected chi connectivity index (χ1v) is 9.70. The Bertz CT molecular complexity index is 700. The van der Waals surface area contributed by atoms with Gasteiger partial charge in [0.25, 0.3) is 0 Å². The molecule has 27 heavy (non-hydrogen) atoms. The van der Waals surface area contributed by atoms with Gasteiger partial charge in [0, 0.05) is 32.6 Å². The molecule has 0 aliphatic carbocycles. The second-order valence-corrected chi connectivity index (χ2v) is 7.04. The highest BCUT2D eigenvalue weighted by Crippen LogP contribution is 2.15. The molecule has 2 aromatic rings. The monoisotopic (exact) mass is 482 g/mol. The summed E-state index contributed by atoms with van der Waals surface area (Å²) in [4.78, 5) is 7.31. The maximum Gasteiger partial charge on any atom is 0.194 e. The van der Waals surface area contributed by atoms with Crippen LogP contribution in [0.2, 0.25) is 0 Å². The second-order valence-electron chi connectivity index (χ2n) is 7.04. The van der Waals surface area contributed by atoms with Crippen LogP contribution < -0.4 is 5.32 Å². The third kappa shape index (κ3) is 6.48. The molecular weight excluding hydrogens is 451 g/mol. The van der Waals surface area contributed by atoms with Crippen molar-refractivity contribution in [3.8, 4) is 0 Å². The number of halogens is 1. The molecule has 0 amide bonds. The normalized spacial score (nSPS) is 17.5. The van der Waals surface area contributed by atoms with Gasteiger partial charge in [-0.2, -0.15) is 0 Å². The Labute approximate surface area is 179 Å². The van der Waals surface area contributed by atoms with E-state index in [0.29, 0.717) is 6.54 Å². The molecule has 1 aromatic heterocycles. The maximum absolute atomic E-state index is 4.90. The molecule has 7 heteroatoms. The lowest BCUT2D eigenvalue weighted by molar-refractivity contribution is 0.265. The number of guanidine groups is 1. The number of likely N-dealkylation sites (tertiary alicyclic amines) is 1. The Hall–Kier alpha value is -1.64. The molecule has 6 nitrogen and oxygen atoms in total. The van der Waals surface area contributed by atoms with Gasteiger partial charge in [-0.3, -0.25) is 0 Å². The minimum atomic E-state index is 0. The van der Waals surface area contributed by atoms with E-state index < -0.39 is 0 Å². The summed E-state index contributed by atoms with van der Waals surface area (Å²) < 4.78 is 2.11. The Balaban J connectivity index is 0.00000261. The number of aryl methyl sites for hydroxylation is 1. The van der Waals surface area contributed by atoms with Gasteiger partial charge in [-0.25, -0.2) is 4.99 Å². The van der Waals surface area contributed by atoms with Crippen LogP contribution >= 0.6 is 24.0 Å². The summed E-state index contributed by atoms with van der Waals surface area (Å²) in [7, 11) is 0. The van der Waals surface area contributed by atoms with Crippen molar-refractivity contribution in [1.29, 1.82) is 0 Å². The van der Waals surface area contributed by atoms with Crippen molar-refractivity contribution in [2.75, 3.05) is 19.6 Å². The van der Waals surface area contributed by atoms with Gasteiger partial charge in [-0.1, -0.05) is 44.2 Å². The van der Waals surface area contributed by atoms with Crippen molar-refractivity contribution in [3.05, 3.63) is 48.0 Å². The van der Waals surface area contributed by atoms with Crippen LogP contribution in [0.25, 0.3) is 0 Å². The number of piperidine rings is 1. The van der Waals surface area contributed by atoms with Crippen LogP contribution in [-0.2, 0) is 19.5 Å². The Morgan fingerprint density at radius 2 is 2.11 bits per heavy atom. The fraction of sp³-hybridized carbons (Fsp3) is 0.550. The van der Waals surface area contributed by atoms with E-state index in [0.717, 1.165) is 50.3 Å².